The summed E-state index contributed by atoms with van der Waals surface area (Å²) in [6, 6.07) is 6.34. The molecule has 38 heavy (non-hydrogen) atoms. The van der Waals surface area contributed by atoms with Crippen LogP contribution < -0.4 is 37.7 Å². The molecule has 9 N–H and O–H groups in total. The molecule has 0 unspecified atom stereocenters. The Labute approximate surface area is 222 Å². The van der Waals surface area contributed by atoms with Gasteiger partial charge in [0, 0.05) is 24.2 Å². The minimum Gasteiger partial charge on any atom is -0.494 e. The van der Waals surface area contributed by atoms with Gasteiger partial charge in [0.2, 0.25) is 17.8 Å². The Morgan fingerprint density at radius 3 is 2.05 bits per heavy atom. The fraction of sp³-hybridized carbons (Fsp3) is 0.296. The van der Waals surface area contributed by atoms with Crippen molar-refractivity contribution in [3.63, 3.8) is 0 Å². The number of allylic oxidation sites excluding steroid dienone is 3. The number of hydrogen-bond acceptors (Lipinski definition) is 8. The second-order valence-corrected chi connectivity index (χ2v) is 8.14. The monoisotopic (exact) mass is 523 g/mol. The lowest BCUT2D eigenvalue weighted by molar-refractivity contribution is 0.0991. The Bertz CT molecular complexity index is 1330. The summed E-state index contributed by atoms with van der Waals surface area (Å²) in [5, 5.41) is 3.14. The molecule has 2 aromatic carbocycles. The number of nitrogens with two attached hydrogens (primary N) is 4. The van der Waals surface area contributed by atoms with Crippen LogP contribution in [0.15, 0.2) is 48.6 Å². The summed E-state index contributed by atoms with van der Waals surface area (Å²) in [4.78, 5) is 26.7. The first kappa shape index (κ1) is 29.6. The third-order valence-corrected chi connectivity index (χ3v) is 5.47. The quantitative estimate of drug-likeness (QED) is 0.187. The number of imidazole rings is 1. The third kappa shape index (κ3) is 7.42. The van der Waals surface area contributed by atoms with Crippen molar-refractivity contribution < 1.29 is 19.1 Å². The third-order valence-electron chi connectivity index (χ3n) is 5.47. The number of ether oxygens (including phenoxy) is 2. The molecule has 1 heterocycles. The molecule has 3 rings (SSSR count). The molecule has 3 aromatic rings. The number of benzene rings is 2. The molecule has 0 radical (unpaired) electrons. The average Bonchev–Trinajstić information content (AvgIpc) is 3.21. The highest BCUT2D eigenvalue weighted by Gasteiger charge is 2.16. The van der Waals surface area contributed by atoms with E-state index in [1.807, 2.05) is 22.8 Å². The van der Waals surface area contributed by atoms with Crippen LogP contribution in [0.1, 0.15) is 47.4 Å². The molecule has 1 aromatic heterocycles. The minimum absolute atomic E-state index is 0.332. The standard InChI is InChI=1S/C14H18N4O2.C13H19N3O2/c1-3-4-5-6-18-12-10(17-14(18)16)7-9(13(15)19)8-11(12)20-2;1-3-4-5-6-16-12-10(14)7-9(13(15)17)8-11(12)18-2/h4-5,7-8H,3,6H2,1-2H3,(H2,15,19)(H2,16,17);4-5,7-8,16H,3,6,14H2,1-2H3,(H2,15,17)/b2*5-4+. The van der Waals surface area contributed by atoms with Crippen LogP contribution in [-0.4, -0.2) is 42.1 Å². The maximum Gasteiger partial charge on any atom is 0.248 e. The molecule has 0 atom stereocenters. The van der Waals surface area contributed by atoms with E-state index in [9.17, 15) is 9.59 Å². The maximum atomic E-state index is 11.3. The van der Waals surface area contributed by atoms with E-state index in [-0.39, 0.29) is 0 Å². The molecular formula is C27H37N7O4. The number of aromatic nitrogens is 2. The van der Waals surface area contributed by atoms with Gasteiger partial charge in [0.05, 0.1) is 25.4 Å². The number of amides is 2. The lowest BCUT2D eigenvalue weighted by Gasteiger charge is -2.13. The Hall–Kier alpha value is -4.67. The van der Waals surface area contributed by atoms with E-state index in [4.69, 9.17) is 32.4 Å². The number of nitrogen functional groups attached to an aromatic ring is 2. The Kier molecular flexibility index (Phi) is 11.0. The van der Waals surface area contributed by atoms with Crippen LogP contribution in [0, 0.1) is 0 Å². The summed E-state index contributed by atoms with van der Waals surface area (Å²) in [6.07, 6.45) is 10.0. The highest BCUT2D eigenvalue weighted by Crippen LogP contribution is 2.32. The number of primary amides is 2. The van der Waals surface area contributed by atoms with E-state index in [1.54, 1.807) is 18.2 Å². The Morgan fingerprint density at radius 2 is 1.47 bits per heavy atom. The number of anilines is 3. The molecule has 11 heteroatoms. The van der Waals surface area contributed by atoms with Gasteiger partial charge < -0.3 is 42.3 Å². The predicted octanol–water partition coefficient (Wildman–Crippen LogP) is 3.45. The zero-order chi connectivity index (χ0) is 28.2. The molecule has 0 spiro atoms. The van der Waals surface area contributed by atoms with Gasteiger partial charge in [0.25, 0.3) is 0 Å². The number of nitrogens with one attached hydrogen (secondary N) is 1. The fourth-order valence-corrected chi connectivity index (χ4v) is 3.62. The van der Waals surface area contributed by atoms with Gasteiger partial charge in [-0.2, -0.15) is 0 Å². The SMILES string of the molecule is CC/C=C/CNc1c(N)cc(C(N)=O)cc1OC.CC/C=C/Cn1c(N)nc2cc(C(N)=O)cc(OC)c21. The number of carbonyl (C=O) groups is 2. The zero-order valence-electron chi connectivity index (χ0n) is 22.3. The molecular weight excluding hydrogens is 486 g/mol. The largest absolute Gasteiger partial charge is 0.494 e. The first-order chi connectivity index (χ1) is 18.2. The average molecular weight is 524 g/mol. The van der Waals surface area contributed by atoms with Crippen molar-refractivity contribution in [2.24, 2.45) is 11.5 Å². The van der Waals surface area contributed by atoms with Gasteiger partial charge in [0.15, 0.2) is 0 Å². The normalized spacial score (nSPS) is 10.9. The first-order valence-corrected chi connectivity index (χ1v) is 12.1. The van der Waals surface area contributed by atoms with Crippen molar-refractivity contribution in [2.45, 2.75) is 33.2 Å². The molecule has 204 valence electrons. The van der Waals surface area contributed by atoms with Crippen molar-refractivity contribution in [2.75, 3.05) is 37.5 Å². The molecule has 0 aliphatic heterocycles. The van der Waals surface area contributed by atoms with Gasteiger partial charge >= 0.3 is 0 Å². The summed E-state index contributed by atoms with van der Waals surface area (Å²) in [5.74, 6) is 0.362. The predicted molar refractivity (Wildman–Crippen MR) is 152 cm³/mol. The molecule has 0 bridgehead atoms. The number of methoxy groups -OCH3 is 2. The topological polar surface area (TPSA) is 187 Å². The zero-order valence-corrected chi connectivity index (χ0v) is 22.3. The van der Waals surface area contributed by atoms with Crippen LogP contribution in [0.3, 0.4) is 0 Å². The fourth-order valence-electron chi connectivity index (χ4n) is 3.62. The van der Waals surface area contributed by atoms with Gasteiger partial charge in [0.1, 0.15) is 22.7 Å². The molecule has 0 fully saturated rings. The van der Waals surface area contributed by atoms with Crippen molar-refractivity contribution in [3.8, 4) is 11.5 Å². The van der Waals surface area contributed by atoms with E-state index < -0.39 is 11.8 Å². The highest BCUT2D eigenvalue weighted by molar-refractivity contribution is 5.99. The van der Waals surface area contributed by atoms with Crippen LogP contribution in [0.2, 0.25) is 0 Å². The smallest absolute Gasteiger partial charge is 0.248 e. The van der Waals surface area contributed by atoms with Crippen LogP contribution in [0.25, 0.3) is 11.0 Å². The van der Waals surface area contributed by atoms with Gasteiger partial charge in [-0.25, -0.2) is 4.98 Å². The van der Waals surface area contributed by atoms with Crippen LogP contribution in [0.5, 0.6) is 11.5 Å². The van der Waals surface area contributed by atoms with Crippen molar-refractivity contribution in [3.05, 3.63) is 59.7 Å². The molecule has 0 saturated carbocycles. The van der Waals surface area contributed by atoms with Gasteiger partial charge in [-0.05, 0) is 37.1 Å². The summed E-state index contributed by atoms with van der Waals surface area (Å²) in [6.45, 7) is 5.37. The van der Waals surface area contributed by atoms with E-state index in [0.717, 1.165) is 18.4 Å². The number of nitrogens with zero attached hydrogens (tertiary/aromatic N) is 2. The highest BCUT2D eigenvalue weighted by atomic mass is 16.5. The van der Waals surface area contributed by atoms with Gasteiger partial charge in [-0.15, -0.1) is 0 Å². The number of carbonyl (C=O) groups excluding carboxylic acids is 2. The van der Waals surface area contributed by atoms with Crippen molar-refractivity contribution >= 4 is 40.2 Å². The van der Waals surface area contributed by atoms with Crippen LogP contribution >= 0.6 is 0 Å². The van der Waals surface area contributed by atoms with E-state index in [2.05, 4.69) is 30.2 Å². The molecule has 0 saturated heterocycles. The van der Waals surface area contributed by atoms with E-state index in [0.29, 0.717) is 58.6 Å². The number of hydrogen-bond donors (Lipinski definition) is 5. The summed E-state index contributed by atoms with van der Waals surface area (Å²) < 4.78 is 12.4. The Morgan fingerprint density at radius 1 is 0.895 bits per heavy atom. The Balaban J connectivity index is 0.000000269. The number of fused-ring (bicyclic) bond motifs is 1. The van der Waals surface area contributed by atoms with Crippen molar-refractivity contribution in [1.29, 1.82) is 0 Å². The van der Waals surface area contributed by atoms with E-state index in [1.165, 1.54) is 20.3 Å². The maximum absolute atomic E-state index is 11.3. The molecule has 2 amide bonds. The first-order valence-electron chi connectivity index (χ1n) is 12.1. The molecule has 0 aliphatic rings. The van der Waals surface area contributed by atoms with Crippen LogP contribution in [0.4, 0.5) is 17.3 Å². The van der Waals surface area contributed by atoms with Gasteiger partial charge in [-0.1, -0.05) is 38.2 Å². The second-order valence-electron chi connectivity index (χ2n) is 8.14. The molecule has 11 nitrogen and oxygen atoms in total. The number of rotatable bonds is 11. The van der Waals surface area contributed by atoms with E-state index >= 15 is 0 Å². The lowest BCUT2D eigenvalue weighted by Crippen LogP contribution is -2.13. The summed E-state index contributed by atoms with van der Waals surface area (Å²) >= 11 is 0. The van der Waals surface area contributed by atoms with Crippen LogP contribution in [-0.2, 0) is 6.54 Å². The summed E-state index contributed by atoms with van der Waals surface area (Å²) in [5.41, 5.74) is 25.5. The second kappa shape index (κ2) is 14.2. The summed E-state index contributed by atoms with van der Waals surface area (Å²) in [7, 11) is 3.06. The minimum atomic E-state index is -0.530. The molecule has 0 aliphatic carbocycles. The van der Waals surface area contributed by atoms with Crippen molar-refractivity contribution in [1.82, 2.24) is 9.55 Å². The lowest BCUT2D eigenvalue weighted by atomic mass is 10.1. The van der Waals surface area contributed by atoms with Gasteiger partial charge in [-0.3, -0.25) is 9.59 Å².